The van der Waals surface area contributed by atoms with Gasteiger partial charge in [-0.15, -0.1) is 0 Å². The van der Waals surface area contributed by atoms with Gasteiger partial charge >= 0.3 is 12.1 Å². The summed E-state index contributed by atoms with van der Waals surface area (Å²) in [6, 6.07) is 15.8. The van der Waals surface area contributed by atoms with E-state index in [0.29, 0.717) is 25.3 Å². The molecule has 9 nitrogen and oxygen atoms in total. The maximum absolute atomic E-state index is 13.0. The molecule has 2 N–H and O–H groups in total. The summed E-state index contributed by atoms with van der Waals surface area (Å²) in [5.74, 6) is -1.15. The second-order valence-electron chi connectivity index (χ2n) is 8.73. The molecule has 2 aromatic carbocycles. The van der Waals surface area contributed by atoms with Gasteiger partial charge in [0.1, 0.15) is 18.0 Å². The van der Waals surface area contributed by atoms with E-state index in [0.717, 1.165) is 22.3 Å². The number of ether oxygens (including phenoxy) is 1. The van der Waals surface area contributed by atoms with Gasteiger partial charge in [0, 0.05) is 24.9 Å². The second kappa shape index (κ2) is 9.25. The van der Waals surface area contributed by atoms with Gasteiger partial charge in [-0.2, -0.15) is 5.10 Å². The molecule has 1 aliphatic heterocycles. The Morgan fingerprint density at radius 1 is 1.09 bits per heavy atom. The van der Waals surface area contributed by atoms with E-state index in [2.05, 4.69) is 34.7 Å². The van der Waals surface area contributed by atoms with Crippen molar-refractivity contribution in [3.05, 3.63) is 71.4 Å². The van der Waals surface area contributed by atoms with E-state index in [-0.39, 0.29) is 30.4 Å². The summed E-state index contributed by atoms with van der Waals surface area (Å²) in [6.07, 6.45) is 1.23. The van der Waals surface area contributed by atoms with Crippen LogP contribution in [0.4, 0.5) is 10.6 Å². The molecule has 2 heterocycles. The van der Waals surface area contributed by atoms with Crippen molar-refractivity contribution in [1.29, 1.82) is 0 Å². The Kier molecular flexibility index (Phi) is 5.98. The Hall–Kier alpha value is -4.14. The third kappa shape index (κ3) is 4.14. The largest absolute Gasteiger partial charge is 0.477 e. The average Bonchev–Trinajstić information content (AvgIpc) is 3.54. The van der Waals surface area contributed by atoms with Crippen LogP contribution in [0.3, 0.4) is 0 Å². The lowest BCUT2D eigenvalue weighted by Gasteiger charge is -2.21. The Morgan fingerprint density at radius 2 is 1.74 bits per heavy atom. The number of hydrogen-bond donors (Lipinski definition) is 2. The minimum absolute atomic E-state index is 0.00612. The van der Waals surface area contributed by atoms with E-state index < -0.39 is 18.1 Å². The minimum atomic E-state index is -1.13. The van der Waals surface area contributed by atoms with Crippen LogP contribution in [0.5, 0.6) is 0 Å². The number of anilines is 1. The molecule has 1 unspecified atom stereocenters. The first kappa shape index (κ1) is 22.6. The van der Waals surface area contributed by atoms with Crippen molar-refractivity contribution in [3.8, 4) is 11.1 Å². The molecule has 2 amide bonds. The van der Waals surface area contributed by atoms with Crippen LogP contribution in [0.15, 0.2) is 54.7 Å². The SMILES string of the molecule is CCC(CC(=O)N1CCn2ncc(C(=O)O)c21)NC(=O)OCC1c2ccccc2-c2ccccc21. The fraction of sp³-hybridized carbons (Fsp3) is 0.308. The number of aromatic nitrogens is 2. The molecule has 3 aromatic rings. The number of benzene rings is 2. The zero-order valence-corrected chi connectivity index (χ0v) is 19.3. The van der Waals surface area contributed by atoms with Gasteiger partial charge in [-0.3, -0.25) is 9.69 Å². The van der Waals surface area contributed by atoms with Crippen LogP contribution >= 0.6 is 0 Å². The topological polar surface area (TPSA) is 114 Å². The van der Waals surface area contributed by atoms with Crippen LogP contribution in [-0.2, 0) is 16.1 Å². The van der Waals surface area contributed by atoms with Crippen molar-refractivity contribution in [3.63, 3.8) is 0 Å². The molecule has 180 valence electrons. The first-order chi connectivity index (χ1) is 17.0. The molecule has 0 bridgehead atoms. The van der Waals surface area contributed by atoms with E-state index in [4.69, 9.17) is 4.74 Å². The molecule has 1 atom stereocenters. The van der Waals surface area contributed by atoms with Crippen LogP contribution in [0.1, 0.15) is 47.2 Å². The summed E-state index contributed by atoms with van der Waals surface area (Å²) in [6.45, 7) is 2.85. The van der Waals surface area contributed by atoms with Crippen molar-refractivity contribution >= 4 is 23.8 Å². The summed E-state index contributed by atoms with van der Waals surface area (Å²) in [5, 5.41) is 16.2. The standard InChI is InChI=1S/C26H26N4O5/c1-2-16(13-23(31)29-11-12-30-24(29)21(14-27-30)25(32)33)28-26(34)35-15-22-19-9-5-3-7-17(19)18-8-4-6-10-20(18)22/h3-10,14,16,22H,2,11-13,15H2,1H3,(H,28,34)(H,32,33). The fourth-order valence-corrected chi connectivity index (χ4v) is 4.95. The first-order valence-corrected chi connectivity index (χ1v) is 11.7. The summed E-state index contributed by atoms with van der Waals surface area (Å²) in [4.78, 5) is 38.5. The lowest BCUT2D eigenvalue weighted by atomic mass is 9.98. The molecular formula is C26H26N4O5. The highest BCUT2D eigenvalue weighted by molar-refractivity contribution is 6.01. The highest BCUT2D eigenvalue weighted by atomic mass is 16.5. The normalized spacial score (nSPS) is 14.7. The Morgan fingerprint density at radius 3 is 2.37 bits per heavy atom. The number of nitrogens with one attached hydrogen (secondary N) is 1. The van der Waals surface area contributed by atoms with Crippen molar-refractivity contribution < 1.29 is 24.2 Å². The monoisotopic (exact) mass is 474 g/mol. The quantitative estimate of drug-likeness (QED) is 0.541. The Balaban J connectivity index is 1.21. The van der Waals surface area contributed by atoms with Crippen molar-refractivity contribution in [2.75, 3.05) is 18.1 Å². The number of hydrogen-bond acceptors (Lipinski definition) is 5. The lowest BCUT2D eigenvalue weighted by Crippen LogP contribution is -2.41. The minimum Gasteiger partial charge on any atom is -0.477 e. The summed E-state index contributed by atoms with van der Waals surface area (Å²) >= 11 is 0. The second-order valence-corrected chi connectivity index (χ2v) is 8.73. The average molecular weight is 475 g/mol. The molecule has 0 saturated carbocycles. The van der Waals surface area contributed by atoms with Gasteiger partial charge in [0.25, 0.3) is 0 Å². The van der Waals surface area contributed by atoms with Gasteiger partial charge in [-0.25, -0.2) is 14.3 Å². The molecule has 2 aliphatic rings. The number of aromatic carboxylic acids is 1. The van der Waals surface area contributed by atoms with E-state index in [1.165, 1.54) is 15.8 Å². The molecule has 5 rings (SSSR count). The maximum atomic E-state index is 13.0. The molecule has 1 aliphatic carbocycles. The van der Waals surface area contributed by atoms with Gasteiger partial charge in [-0.1, -0.05) is 55.5 Å². The number of carboxylic acids is 1. The summed E-state index contributed by atoms with van der Waals surface area (Å²) in [5.41, 5.74) is 4.56. The number of amides is 2. The predicted molar refractivity (Wildman–Crippen MR) is 128 cm³/mol. The van der Waals surface area contributed by atoms with Gasteiger partial charge in [0.05, 0.1) is 12.7 Å². The predicted octanol–water partition coefficient (Wildman–Crippen LogP) is 3.64. The van der Waals surface area contributed by atoms with Crippen LogP contribution in [0, 0.1) is 0 Å². The number of carbonyl (C=O) groups excluding carboxylic acids is 2. The number of fused-ring (bicyclic) bond motifs is 4. The third-order valence-corrected chi connectivity index (χ3v) is 6.71. The van der Waals surface area contributed by atoms with Crippen LogP contribution < -0.4 is 10.2 Å². The van der Waals surface area contributed by atoms with Gasteiger partial charge in [-0.05, 0) is 28.7 Å². The van der Waals surface area contributed by atoms with Crippen LogP contribution in [0.2, 0.25) is 0 Å². The van der Waals surface area contributed by atoms with E-state index in [1.807, 2.05) is 31.2 Å². The first-order valence-electron chi connectivity index (χ1n) is 11.7. The van der Waals surface area contributed by atoms with Gasteiger partial charge in [0.2, 0.25) is 5.91 Å². The number of alkyl carbamates (subject to hydrolysis) is 1. The molecule has 1 aromatic heterocycles. The van der Waals surface area contributed by atoms with E-state index in [1.54, 1.807) is 0 Å². The number of carboxylic acid groups (broad SMARTS) is 1. The highest BCUT2D eigenvalue weighted by Crippen LogP contribution is 2.44. The van der Waals surface area contributed by atoms with E-state index in [9.17, 15) is 19.5 Å². The fourth-order valence-electron chi connectivity index (χ4n) is 4.95. The molecule has 0 fully saturated rings. The Bertz CT molecular complexity index is 1250. The molecule has 9 heteroatoms. The molecule has 0 radical (unpaired) electrons. The van der Waals surface area contributed by atoms with Crippen molar-refractivity contribution in [2.24, 2.45) is 0 Å². The third-order valence-electron chi connectivity index (χ3n) is 6.71. The zero-order valence-electron chi connectivity index (χ0n) is 19.3. The number of carbonyl (C=O) groups is 3. The highest BCUT2D eigenvalue weighted by Gasteiger charge is 2.33. The van der Waals surface area contributed by atoms with Crippen molar-refractivity contribution in [1.82, 2.24) is 15.1 Å². The smallest absolute Gasteiger partial charge is 0.407 e. The summed E-state index contributed by atoms with van der Waals surface area (Å²) in [7, 11) is 0. The molecular weight excluding hydrogens is 448 g/mol. The van der Waals surface area contributed by atoms with Crippen molar-refractivity contribution in [2.45, 2.75) is 38.3 Å². The van der Waals surface area contributed by atoms with Gasteiger partial charge in [0.15, 0.2) is 0 Å². The maximum Gasteiger partial charge on any atom is 0.407 e. The number of nitrogens with zero attached hydrogens (tertiary/aromatic N) is 3. The lowest BCUT2D eigenvalue weighted by molar-refractivity contribution is -0.119. The number of rotatable bonds is 7. The zero-order chi connectivity index (χ0) is 24.5. The summed E-state index contributed by atoms with van der Waals surface area (Å²) < 4.78 is 7.12. The Labute approximate surface area is 202 Å². The van der Waals surface area contributed by atoms with Gasteiger partial charge < -0.3 is 15.2 Å². The van der Waals surface area contributed by atoms with Crippen LogP contribution in [-0.4, -0.2) is 52.1 Å². The molecule has 0 spiro atoms. The van der Waals surface area contributed by atoms with Crippen LogP contribution in [0.25, 0.3) is 11.1 Å². The molecule has 35 heavy (non-hydrogen) atoms. The van der Waals surface area contributed by atoms with E-state index >= 15 is 0 Å². The molecule has 0 saturated heterocycles.